The van der Waals surface area contributed by atoms with Gasteiger partial charge in [-0.15, -0.1) is 0 Å². The van der Waals surface area contributed by atoms with Crippen molar-refractivity contribution in [2.24, 2.45) is 0 Å². The summed E-state index contributed by atoms with van der Waals surface area (Å²) in [6.07, 6.45) is 0. The molecule has 0 unspecified atom stereocenters. The zero-order valence-corrected chi connectivity index (χ0v) is 15.0. The Morgan fingerprint density at radius 2 is 1.64 bits per heavy atom. The van der Waals surface area contributed by atoms with Crippen molar-refractivity contribution in [2.45, 2.75) is 20.8 Å². The Hall–Kier alpha value is -2.81. The highest BCUT2D eigenvalue weighted by molar-refractivity contribution is 5.76. The fourth-order valence-corrected chi connectivity index (χ4v) is 3.26. The van der Waals surface area contributed by atoms with Gasteiger partial charge in [0.25, 0.3) is 0 Å². The lowest BCUT2D eigenvalue weighted by Gasteiger charge is -2.25. The van der Waals surface area contributed by atoms with Crippen LogP contribution in [0.25, 0.3) is 11.1 Å². The van der Waals surface area contributed by atoms with Crippen molar-refractivity contribution in [3.05, 3.63) is 77.1 Å². The highest BCUT2D eigenvalue weighted by Crippen LogP contribution is 2.36. The predicted molar refractivity (Wildman–Crippen MR) is 102 cm³/mol. The molecule has 0 aliphatic heterocycles. The molecule has 3 rings (SSSR count). The molecule has 25 heavy (non-hydrogen) atoms. The number of halogens is 1. The lowest BCUT2D eigenvalue weighted by atomic mass is 10.0. The van der Waals surface area contributed by atoms with Gasteiger partial charge in [-0.05, 0) is 73.4 Å². The van der Waals surface area contributed by atoms with Gasteiger partial charge in [-0.3, -0.25) is 0 Å². The molecule has 3 aromatic rings. The van der Waals surface area contributed by atoms with Crippen LogP contribution in [-0.2, 0) is 0 Å². The molecular weight excluding hydrogens is 313 g/mol. The summed E-state index contributed by atoms with van der Waals surface area (Å²) in [5, 5.41) is 10.1. The second-order valence-electron chi connectivity index (χ2n) is 6.50. The first-order valence-corrected chi connectivity index (χ1v) is 8.27. The molecule has 0 saturated heterocycles. The number of rotatable bonds is 3. The lowest BCUT2D eigenvalue weighted by Crippen LogP contribution is -2.13. The topological polar surface area (TPSA) is 23.5 Å². The molecule has 0 atom stereocenters. The molecule has 3 heteroatoms. The van der Waals surface area contributed by atoms with Crippen molar-refractivity contribution in [2.75, 3.05) is 11.9 Å². The number of phenolic OH excluding ortho intramolecular Hbond substituents is 1. The van der Waals surface area contributed by atoms with Gasteiger partial charge in [0.05, 0.1) is 5.69 Å². The fourth-order valence-electron chi connectivity index (χ4n) is 3.26. The standard InChI is InChI=1S/C22H22FNO/c1-14-10-18(17-6-5-7-19(23)12-17)13-20(11-14)24(4)22-15(2)8-9-21(25)16(22)3/h5-13,25H,1-4H3. The van der Waals surface area contributed by atoms with Crippen molar-refractivity contribution in [1.82, 2.24) is 0 Å². The van der Waals surface area contributed by atoms with Crippen molar-refractivity contribution < 1.29 is 9.50 Å². The van der Waals surface area contributed by atoms with E-state index in [9.17, 15) is 9.50 Å². The number of hydrogen-bond acceptors (Lipinski definition) is 2. The molecule has 0 saturated carbocycles. The van der Waals surface area contributed by atoms with Crippen molar-refractivity contribution in [3.8, 4) is 16.9 Å². The second kappa shape index (κ2) is 6.60. The van der Waals surface area contributed by atoms with E-state index in [1.54, 1.807) is 18.2 Å². The Labute approximate surface area is 148 Å². The molecule has 0 aromatic heterocycles. The summed E-state index contributed by atoms with van der Waals surface area (Å²) in [4.78, 5) is 2.07. The normalized spacial score (nSPS) is 10.8. The maximum absolute atomic E-state index is 13.6. The van der Waals surface area contributed by atoms with E-state index in [-0.39, 0.29) is 11.6 Å². The summed E-state index contributed by atoms with van der Waals surface area (Å²) in [5.41, 5.74) is 6.83. The van der Waals surface area contributed by atoms with Crippen LogP contribution < -0.4 is 4.90 Å². The number of benzene rings is 3. The van der Waals surface area contributed by atoms with E-state index < -0.39 is 0 Å². The van der Waals surface area contributed by atoms with Crippen LogP contribution in [0.1, 0.15) is 16.7 Å². The highest BCUT2D eigenvalue weighted by atomic mass is 19.1. The highest BCUT2D eigenvalue weighted by Gasteiger charge is 2.14. The van der Waals surface area contributed by atoms with Gasteiger partial charge in [0.2, 0.25) is 0 Å². The molecule has 0 spiro atoms. The van der Waals surface area contributed by atoms with Gasteiger partial charge >= 0.3 is 0 Å². The predicted octanol–water partition coefficient (Wildman–Crippen LogP) is 5.89. The van der Waals surface area contributed by atoms with Crippen LogP contribution in [0.2, 0.25) is 0 Å². The summed E-state index contributed by atoms with van der Waals surface area (Å²) in [5.74, 6) is 0.0408. The van der Waals surface area contributed by atoms with Crippen molar-refractivity contribution in [1.29, 1.82) is 0 Å². The molecule has 3 aromatic carbocycles. The van der Waals surface area contributed by atoms with Crippen LogP contribution in [0.3, 0.4) is 0 Å². The van der Waals surface area contributed by atoms with Gasteiger partial charge in [0.15, 0.2) is 0 Å². The zero-order valence-electron chi connectivity index (χ0n) is 15.0. The van der Waals surface area contributed by atoms with Crippen molar-refractivity contribution in [3.63, 3.8) is 0 Å². The third kappa shape index (κ3) is 3.36. The van der Waals surface area contributed by atoms with Crippen LogP contribution in [0, 0.1) is 26.6 Å². The molecule has 128 valence electrons. The first-order chi connectivity index (χ1) is 11.9. The first-order valence-electron chi connectivity index (χ1n) is 8.27. The molecule has 0 heterocycles. The van der Waals surface area contributed by atoms with E-state index in [1.165, 1.54) is 6.07 Å². The molecule has 2 nitrogen and oxygen atoms in total. The van der Waals surface area contributed by atoms with Gasteiger partial charge in [-0.25, -0.2) is 4.39 Å². The van der Waals surface area contributed by atoms with Gasteiger partial charge in [0, 0.05) is 18.3 Å². The van der Waals surface area contributed by atoms with E-state index in [0.29, 0.717) is 0 Å². The van der Waals surface area contributed by atoms with E-state index in [0.717, 1.165) is 39.2 Å². The largest absolute Gasteiger partial charge is 0.508 e. The summed E-state index contributed by atoms with van der Waals surface area (Å²) in [6, 6.07) is 16.4. The van der Waals surface area contributed by atoms with E-state index >= 15 is 0 Å². The number of anilines is 2. The van der Waals surface area contributed by atoms with Crippen LogP contribution in [0.5, 0.6) is 5.75 Å². The number of aryl methyl sites for hydroxylation is 2. The Kier molecular flexibility index (Phi) is 4.49. The Balaban J connectivity index is 2.11. The zero-order chi connectivity index (χ0) is 18.1. The molecule has 0 aliphatic rings. The first kappa shape index (κ1) is 17.0. The molecule has 0 radical (unpaired) electrons. The molecular formula is C22H22FNO. The monoisotopic (exact) mass is 335 g/mol. The average Bonchev–Trinajstić information content (AvgIpc) is 2.58. The van der Waals surface area contributed by atoms with Gasteiger partial charge < -0.3 is 10.0 Å². The number of aromatic hydroxyl groups is 1. The van der Waals surface area contributed by atoms with Crippen LogP contribution >= 0.6 is 0 Å². The quantitative estimate of drug-likeness (QED) is 0.645. The number of nitrogens with zero attached hydrogens (tertiary/aromatic N) is 1. The summed E-state index contributed by atoms with van der Waals surface area (Å²) in [7, 11) is 1.99. The molecule has 0 amide bonds. The molecule has 0 bridgehead atoms. The molecule has 0 fully saturated rings. The SMILES string of the molecule is Cc1cc(-c2cccc(F)c2)cc(N(C)c2c(C)ccc(O)c2C)c1. The van der Waals surface area contributed by atoms with E-state index in [2.05, 4.69) is 11.0 Å². The molecule has 1 N–H and O–H groups in total. The minimum atomic E-state index is -0.242. The Morgan fingerprint density at radius 1 is 0.880 bits per heavy atom. The maximum atomic E-state index is 13.6. The van der Waals surface area contributed by atoms with E-state index in [4.69, 9.17) is 0 Å². The third-order valence-corrected chi connectivity index (χ3v) is 4.55. The van der Waals surface area contributed by atoms with Crippen molar-refractivity contribution >= 4 is 11.4 Å². The third-order valence-electron chi connectivity index (χ3n) is 4.55. The minimum Gasteiger partial charge on any atom is -0.508 e. The van der Waals surface area contributed by atoms with Crippen LogP contribution in [0.4, 0.5) is 15.8 Å². The second-order valence-corrected chi connectivity index (χ2v) is 6.50. The smallest absolute Gasteiger partial charge is 0.123 e. The van der Waals surface area contributed by atoms with Gasteiger partial charge in [-0.2, -0.15) is 0 Å². The average molecular weight is 335 g/mol. The number of phenols is 1. The van der Waals surface area contributed by atoms with Gasteiger partial charge in [-0.1, -0.05) is 24.3 Å². The fraction of sp³-hybridized carbons (Fsp3) is 0.182. The maximum Gasteiger partial charge on any atom is 0.123 e. The summed E-state index contributed by atoms with van der Waals surface area (Å²) < 4.78 is 13.6. The van der Waals surface area contributed by atoms with Gasteiger partial charge in [0.1, 0.15) is 11.6 Å². The van der Waals surface area contributed by atoms with E-state index in [1.807, 2.05) is 52.1 Å². The Bertz CT molecular complexity index is 933. The summed E-state index contributed by atoms with van der Waals surface area (Å²) in [6.45, 7) is 5.97. The van der Waals surface area contributed by atoms with Crippen LogP contribution in [-0.4, -0.2) is 12.2 Å². The molecule has 0 aliphatic carbocycles. The number of hydrogen-bond donors (Lipinski definition) is 1. The summed E-state index contributed by atoms with van der Waals surface area (Å²) >= 11 is 0. The van der Waals surface area contributed by atoms with Crippen LogP contribution in [0.15, 0.2) is 54.6 Å². The minimum absolute atomic E-state index is 0.242. The lowest BCUT2D eigenvalue weighted by molar-refractivity contribution is 0.471. The Morgan fingerprint density at radius 3 is 2.36 bits per heavy atom.